The normalized spacial score (nSPS) is 14.2. The molecule has 4 rings (SSSR count). The van der Waals surface area contributed by atoms with Gasteiger partial charge in [-0.1, -0.05) is 18.2 Å². The molecule has 2 N–H and O–H groups in total. The Morgan fingerprint density at radius 3 is 2.31 bits per heavy atom. The topological polar surface area (TPSA) is 148 Å². The fourth-order valence-electron chi connectivity index (χ4n) is 3.73. The van der Waals surface area contributed by atoms with Gasteiger partial charge in [0.1, 0.15) is 11.4 Å². The summed E-state index contributed by atoms with van der Waals surface area (Å²) < 4.78 is 37.3. The zero-order valence-corrected chi connectivity index (χ0v) is 25.5. The summed E-state index contributed by atoms with van der Waals surface area (Å²) in [5, 5.41) is 4.59. The monoisotopic (exact) mass is 673 g/mol. The standard InChI is InChI=1S/C28H24BrN3O8S2/c1-3-39-23-14-18(13-22(29)26(23)40-42(37,38)21-11-9-20(10-12-21)30-17(2)33)15-24-27(35)32(28(36)41-24)16-25(34)31-19-7-5-4-6-8-19/h4-15H,3,16H2,1-2H3,(H,30,33)(H,31,34)/b24-15-. The molecular weight excluding hydrogens is 650 g/mol. The third kappa shape index (κ3) is 7.57. The average Bonchev–Trinajstić information content (AvgIpc) is 3.18. The third-order valence-electron chi connectivity index (χ3n) is 5.52. The lowest BCUT2D eigenvalue weighted by Gasteiger charge is -2.15. The maximum absolute atomic E-state index is 13.0. The van der Waals surface area contributed by atoms with E-state index in [1.54, 1.807) is 37.3 Å². The summed E-state index contributed by atoms with van der Waals surface area (Å²) in [6.45, 7) is 2.75. The van der Waals surface area contributed by atoms with E-state index in [9.17, 15) is 27.6 Å². The van der Waals surface area contributed by atoms with Crippen LogP contribution in [0.5, 0.6) is 11.5 Å². The van der Waals surface area contributed by atoms with E-state index in [0.717, 1.165) is 4.90 Å². The molecule has 0 bridgehead atoms. The van der Waals surface area contributed by atoms with Crippen molar-refractivity contribution in [3.8, 4) is 11.5 Å². The van der Waals surface area contributed by atoms with E-state index in [1.807, 2.05) is 0 Å². The van der Waals surface area contributed by atoms with Gasteiger partial charge in [0.2, 0.25) is 11.8 Å². The van der Waals surface area contributed by atoms with E-state index in [4.69, 9.17) is 8.92 Å². The lowest BCUT2D eigenvalue weighted by Crippen LogP contribution is -2.36. The van der Waals surface area contributed by atoms with Crippen molar-refractivity contribution in [3.05, 3.63) is 81.7 Å². The number of amides is 4. The number of halogens is 1. The van der Waals surface area contributed by atoms with Gasteiger partial charge >= 0.3 is 10.1 Å². The van der Waals surface area contributed by atoms with Crippen molar-refractivity contribution in [2.75, 3.05) is 23.8 Å². The number of carbonyl (C=O) groups is 4. The van der Waals surface area contributed by atoms with Crippen molar-refractivity contribution >= 4 is 78.2 Å². The van der Waals surface area contributed by atoms with Gasteiger partial charge in [-0.2, -0.15) is 8.42 Å². The Kier molecular flexibility index (Phi) is 9.70. The van der Waals surface area contributed by atoms with Gasteiger partial charge in [0, 0.05) is 18.3 Å². The molecule has 42 heavy (non-hydrogen) atoms. The summed E-state index contributed by atoms with van der Waals surface area (Å²) in [6, 6.07) is 17.0. The minimum atomic E-state index is -4.30. The number of thioether (sulfide) groups is 1. The molecule has 0 aliphatic carbocycles. The Labute approximate surface area is 254 Å². The minimum Gasteiger partial charge on any atom is -0.490 e. The van der Waals surface area contributed by atoms with Crippen LogP contribution in [0.15, 0.2) is 81.0 Å². The number of hydrogen-bond acceptors (Lipinski definition) is 9. The Bertz CT molecular complexity index is 1680. The second-order valence-corrected chi connectivity index (χ2v) is 12.1. The molecule has 0 atom stereocenters. The summed E-state index contributed by atoms with van der Waals surface area (Å²) in [6.07, 6.45) is 1.44. The highest BCUT2D eigenvalue weighted by atomic mass is 79.9. The van der Waals surface area contributed by atoms with E-state index < -0.39 is 33.7 Å². The highest BCUT2D eigenvalue weighted by Crippen LogP contribution is 2.40. The molecule has 11 nitrogen and oxygen atoms in total. The Morgan fingerprint density at radius 2 is 1.67 bits per heavy atom. The largest absolute Gasteiger partial charge is 0.490 e. The number of ether oxygens (including phenoxy) is 1. The van der Waals surface area contributed by atoms with Gasteiger partial charge < -0.3 is 19.6 Å². The van der Waals surface area contributed by atoms with Crippen molar-refractivity contribution in [1.82, 2.24) is 4.90 Å². The third-order valence-corrected chi connectivity index (χ3v) is 8.25. The average molecular weight is 675 g/mol. The van der Waals surface area contributed by atoms with E-state index in [1.165, 1.54) is 49.4 Å². The summed E-state index contributed by atoms with van der Waals surface area (Å²) in [5.74, 6) is -1.53. The van der Waals surface area contributed by atoms with Gasteiger partial charge in [-0.15, -0.1) is 0 Å². The predicted molar refractivity (Wildman–Crippen MR) is 162 cm³/mol. The van der Waals surface area contributed by atoms with Crippen LogP contribution >= 0.6 is 27.7 Å². The Balaban J connectivity index is 1.54. The number of hydrogen-bond donors (Lipinski definition) is 2. The predicted octanol–water partition coefficient (Wildman–Crippen LogP) is 5.25. The van der Waals surface area contributed by atoms with Gasteiger partial charge in [0.05, 0.1) is 16.0 Å². The van der Waals surface area contributed by atoms with Gasteiger partial charge in [0.25, 0.3) is 11.1 Å². The fourth-order valence-corrected chi connectivity index (χ4v) is 6.18. The van der Waals surface area contributed by atoms with Crippen molar-refractivity contribution in [2.45, 2.75) is 18.7 Å². The van der Waals surface area contributed by atoms with Crippen molar-refractivity contribution < 1.29 is 36.5 Å². The molecule has 1 heterocycles. The molecule has 1 fully saturated rings. The molecule has 14 heteroatoms. The van der Waals surface area contributed by atoms with Crippen LogP contribution in [0.4, 0.5) is 16.2 Å². The van der Waals surface area contributed by atoms with Crippen molar-refractivity contribution in [1.29, 1.82) is 0 Å². The molecule has 0 saturated carbocycles. The number of anilines is 2. The highest BCUT2D eigenvalue weighted by Gasteiger charge is 2.36. The second kappa shape index (κ2) is 13.2. The lowest BCUT2D eigenvalue weighted by atomic mass is 10.2. The Morgan fingerprint density at radius 1 is 1.00 bits per heavy atom. The van der Waals surface area contributed by atoms with Crippen LogP contribution in [0, 0.1) is 0 Å². The molecule has 1 aliphatic rings. The summed E-state index contributed by atoms with van der Waals surface area (Å²) in [7, 11) is -4.30. The molecule has 1 saturated heterocycles. The summed E-state index contributed by atoms with van der Waals surface area (Å²) in [5.41, 5.74) is 1.36. The minimum absolute atomic E-state index is 0.0676. The lowest BCUT2D eigenvalue weighted by molar-refractivity contribution is -0.127. The Hall–Kier alpha value is -4.14. The number of carbonyl (C=O) groups excluding carboxylic acids is 4. The molecule has 3 aromatic carbocycles. The molecule has 1 aliphatic heterocycles. The molecule has 0 aromatic heterocycles. The molecule has 3 aromatic rings. The SMILES string of the molecule is CCOc1cc(/C=C2\SC(=O)N(CC(=O)Nc3ccccc3)C2=O)cc(Br)c1OS(=O)(=O)c1ccc(NC(C)=O)cc1. The van der Waals surface area contributed by atoms with Crippen LogP contribution in [0.2, 0.25) is 0 Å². The van der Waals surface area contributed by atoms with Crippen LogP contribution in [0.1, 0.15) is 19.4 Å². The van der Waals surface area contributed by atoms with E-state index in [-0.39, 0.29) is 38.3 Å². The fraction of sp³-hybridized carbons (Fsp3) is 0.143. The maximum atomic E-state index is 13.0. The maximum Gasteiger partial charge on any atom is 0.339 e. The zero-order chi connectivity index (χ0) is 30.4. The van der Waals surface area contributed by atoms with Gasteiger partial charge in [-0.25, -0.2) is 0 Å². The molecule has 0 spiro atoms. The van der Waals surface area contributed by atoms with Crippen LogP contribution in [-0.2, 0) is 24.5 Å². The summed E-state index contributed by atoms with van der Waals surface area (Å²) in [4.78, 5) is 49.9. The first kappa shape index (κ1) is 30.8. The first-order valence-corrected chi connectivity index (χ1v) is 15.4. The first-order valence-electron chi connectivity index (χ1n) is 12.4. The van der Waals surface area contributed by atoms with E-state index in [2.05, 4.69) is 26.6 Å². The van der Waals surface area contributed by atoms with Crippen LogP contribution in [0.3, 0.4) is 0 Å². The van der Waals surface area contributed by atoms with Crippen LogP contribution in [-0.4, -0.2) is 49.4 Å². The number of nitrogens with one attached hydrogen (secondary N) is 2. The van der Waals surface area contributed by atoms with Crippen molar-refractivity contribution in [2.24, 2.45) is 0 Å². The summed E-state index contributed by atoms with van der Waals surface area (Å²) >= 11 is 3.99. The smallest absolute Gasteiger partial charge is 0.339 e. The highest BCUT2D eigenvalue weighted by molar-refractivity contribution is 9.10. The van der Waals surface area contributed by atoms with E-state index in [0.29, 0.717) is 28.7 Å². The number of nitrogens with zero attached hydrogens (tertiary/aromatic N) is 1. The van der Waals surface area contributed by atoms with E-state index >= 15 is 0 Å². The number of para-hydroxylation sites is 1. The van der Waals surface area contributed by atoms with Crippen molar-refractivity contribution in [3.63, 3.8) is 0 Å². The quantitative estimate of drug-likeness (QED) is 0.217. The van der Waals surface area contributed by atoms with Crippen LogP contribution < -0.4 is 19.6 Å². The van der Waals surface area contributed by atoms with Crippen LogP contribution in [0.25, 0.3) is 6.08 Å². The molecule has 0 unspecified atom stereocenters. The zero-order valence-electron chi connectivity index (χ0n) is 22.3. The molecule has 4 amide bonds. The van der Waals surface area contributed by atoms with Gasteiger partial charge in [-0.3, -0.25) is 24.1 Å². The van der Waals surface area contributed by atoms with Gasteiger partial charge in [-0.05, 0) is 94.8 Å². The first-order chi connectivity index (χ1) is 20.0. The van der Waals surface area contributed by atoms with Gasteiger partial charge in [0.15, 0.2) is 11.5 Å². The number of rotatable bonds is 10. The second-order valence-electron chi connectivity index (χ2n) is 8.69. The molecule has 0 radical (unpaired) electrons. The number of imide groups is 1. The number of benzene rings is 3. The molecule has 218 valence electrons. The molecular formula is C28H24BrN3O8S2.